The van der Waals surface area contributed by atoms with Crippen molar-refractivity contribution in [2.45, 2.75) is 48.9 Å². The maximum Gasteiger partial charge on any atom is 0.243 e. The largest absolute Gasteiger partial charge is 0.243 e. The SMILES string of the molecule is CC1CCCCCN1S(=O)(=O)c1ccc(CBr)cc1. The number of nitrogens with zero attached hydrogens (tertiary/aromatic N) is 1. The van der Waals surface area contributed by atoms with Crippen molar-refractivity contribution in [2.75, 3.05) is 6.54 Å². The van der Waals surface area contributed by atoms with Crippen LogP contribution in [0.2, 0.25) is 0 Å². The lowest BCUT2D eigenvalue weighted by atomic mass is 10.1. The maximum atomic E-state index is 12.7. The van der Waals surface area contributed by atoms with Gasteiger partial charge in [0.05, 0.1) is 4.90 Å². The van der Waals surface area contributed by atoms with Crippen molar-refractivity contribution in [3.05, 3.63) is 29.8 Å². The zero-order valence-electron chi connectivity index (χ0n) is 11.2. The molecule has 106 valence electrons. The molecule has 3 nitrogen and oxygen atoms in total. The summed E-state index contributed by atoms with van der Waals surface area (Å²) in [6, 6.07) is 7.25. The van der Waals surface area contributed by atoms with Crippen LogP contribution in [0.1, 0.15) is 38.2 Å². The number of benzene rings is 1. The molecule has 5 heteroatoms. The molecular formula is C14H20BrNO2S. The van der Waals surface area contributed by atoms with E-state index in [-0.39, 0.29) is 6.04 Å². The van der Waals surface area contributed by atoms with Crippen LogP contribution in [0.5, 0.6) is 0 Å². The molecule has 1 heterocycles. The van der Waals surface area contributed by atoms with Gasteiger partial charge in [0.2, 0.25) is 10.0 Å². The Morgan fingerprint density at radius 1 is 1.21 bits per heavy atom. The van der Waals surface area contributed by atoms with Gasteiger partial charge in [0.25, 0.3) is 0 Å². The molecule has 0 N–H and O–H groups in total. The molecule has 1 fully saturated rings. The van der Waals surface area contributed by atoms with Gasteiger partial charge in [-0.05, 0) is 37.5 Å². The summed E-state index contributed by atoms with van der Waals surface area (Å²) >= 11 is 3.37. The highest BCUT2D eigenvalue weighted by Gasteiger charge is 2.29. The van der Waals surface area contributed by atoms with Crippen LogP contribution in [0, 0.1) is 0 Å². The van der Waals surface area contributed by atoms with E-state index in [0.29, 0.717) is 11.4 Å². The molecule has 0 spiro atoms. The molecule has 1 aliphatic heterocycles. The fourth-order valence-electron chi connectivity index (χ4n) is 2.49. The Morgan fingerprint density at radius 3 is 2.53 bits per heavy atom. The van der Waals surface area contributed by atoms with Gasteiger partial charge in [-0.2, -0.15) is 4.31 Å². The number of rotatable bonds is 3. The normalized spacial score (nSPS) is 22.1. The van der Waals surface area contributed by atoms with Crippen LogP contribution < -0.4 is 0 Å². The van der Waals surface area contributed by atoms with Crippen LogP contribution in [-0.4, -0.2) is 25.3 Å². The summed E-state index contributed by atoms with van der Waals surface area (Å²) in [4.78, 5) is 0.408. The van der Waals surface area contributed by atoms with Gasteiger partial charge < -0.3 is 0 Å². The molecular weight excluding hydrogens is 326 g/mol. The van der Waals surface area contributed by atoms with Gasteiger partial charge in [-0.3, -0.25) is 0 Å². The molecule has 0 saturated carbocycles. The lowest BCUT2D eigenvalue weighted by Gasteiger charge is -2.26. The van der Waals surface area contributed by atoms with Crippen LogP contribution in [0.3, 0.4) is 0 Å². The smallest absolute Gasteiger partial charge is 0.207 e. The first-order chi connectivity index (χ1) is 9.05. The van der Waals surface area contributed by atoms with E-state index in [1.807, 2.05) is 19.1 Å². The van der Waals surface area contributed by atoms with Crippen molar-refractivity contribution in [1.29, 1.82) is 0 Å². The summed E-state index contributed by atoms with van der Waals surface area (Å²) in [7, 11) is -3.34. The number of alkyl halides is 1. The Kier molecular flexibility index (Phi) is 5.03. The van der Waals surface area contributed by atoms with Crippen LogP contribution in [0.4, 0.5) is 0 Å². The van der Waals surface area contributed by atoms with E-state index < -0.39 is 10.0 Å². The standard InChI is InChI=1S/C14H20BrNO2S/c1-12-5-3-2-4-10-16(12)19(17,18)14-8-6-13(11-15)7-9-14/h6-9,12H,2-5,10-11H2,1H3. The highest BCUT2D eigenvalue weighted by atomic mass is 79.9. The number of sulfonamides is 1. The Morgan fingerprint density at radius 2 is 1.89 bits per heavy atom. The second-order valence-corrected chi connectivity index (χ2v) is 7.54. The van der Waals surface area contributed by atoms with Gasteiger partial charge in [0, 0.05) is 17.9 Å². The average molecular weight is 346 g/mol. The zero-order chi connectivity index (χ0) is 13.9. The van der Waals surface area contributed by atoms with Crippen LogP contribution >= 0.6 is 15.9 Å². The molecule has 0 aliphatic carbocycles. The second kappa shape index (κ2) is 6.37. The first-order valence-corrected chi connectivity index (χ1v) is 9.28. The third kappa shape index (κ3) is 3.38. The van der Waals surface area contributed by atoms with Crippen molar-refractivity contribution >= 4 is 26.0 Å². The highest BCUT2D eigenvalue weighted by molar-refractivity contribution is 9.08. The maximum absolute atomic E-state index is 12.7. The molecule has 2 rings (SSSR count). The molecule has 19 heavy (non-hydrogen) atoms. The van der Waals surface area contributed by atoms with Gasteiger partial charge in [-0.25, -0.2) is 8.42 Å². The van der Waals surface area contributed by atoms with Gasteiger partial charge in [0.1, 0.15) is 0 Å². The van der Waals surface area contributed by atoms with Gasteiger partial charge in [-0.1, -0.05) is 40.9 Å². The quantitative estimate of drug-likeness (QED) is 0.785. The zero-order valence-corrected chi connectivity index (χ0v) is 13.6. The minimum absolute atomic E-state index is 0.100. The van der Waals surface area contributed by atoms with Gasteiger partial charge in [-0.15, -0.1) is 0 Å². The summed E-state index contributed by atoms with van der Waals surface area (Å²) in [6.45, 7) is 2.65. The topological polar surface area (TPSA) is 37.4 Å². The fourth-order valence-corrected chi connectivity index (χ4v) is 4.56. The first kappa shape index (κ1) is 15.0. The molecule has 1 aromatic carbocycles. The molecule has 1 aromatic rings. The molecule has 1 aliphatic rings. The third-order valence-electron chi connectivity index (χ3n) is 3.68. The van der Waals surface area contributed by atoms with Gasteiger partial charge in [0.15, 0.2) is 0 Å². The Balaban J connectivity index is 2.29. The summed E-state index contributed by atoms with van der Waals surface area (Å²) in [5.41, 5.74) is 1.09. The lowest BCUT2D eigenvalue weighted by Crippen LogP contribution is -2.38. The molecule has 1 saturated heterocycles. The van der Waals surface area contributed by atoms with Gasteiger partial charge >= 0.3 is 0 Å². The Hall–Kier alpha value is -0.390. The Bertz CT molecular complexity index is 513. The van der Waals surface area contributed by atoms with E-state index in [1.165, 1.54) is 0 Å². The van der Waals surface area contributed by atoms with Crippen molar-refractivity contribution in [3.63, 3.8) is 0 Å². The monoisotopic (exact) mass is 345 g/mol. The van der Waals surface area contributed by atoms with E-state index >= 15 is 0 Å². The number of hydrogen-bond donors (Lipinski definition) is 0. The number of hydrogen-bond acceptors (Lipinski definition) is 2. The van der Waals surface area contributed by atoms with E-state index in [2.05, 4.69) is 15.9 Å². The molecule has 1 unspecified atom stereocenters. The highest BCUT2D eigenvalue weighted by Crippen LogP contribution is 2.24. The van der Waals surface area contributed by atoms with Crippen molar-refractivity contribution < 1.29 is 8.42 Å². The predicted molar refractivity (Wildman–Crippen MR) is 80.9 cm³/mol. The van der Waals surface area contributed by atoms with Crippen molar-refractivity contribution in [2.24, 2.45) is 0 Å². The third-order valence-corrected chi connectivity index (χ3v) is 6.35. The Labute approximate surface area is 124 Å². The van der Waals surface area contributed by atoms with E-state index in [4.69, 9.17) is 0 Å². The first-order valence-electron chi connectivity index (χ1n) is 6.72. The molecule has 1 atom stereocenters. The van der Waals surface area contributed by atoms with E-state index in [0.717, 1.165) is 36.6 Å². The van der Waals surface area contributed by atoms with E-state index in [9.17, 15) is 8.42 Å². The second-order valence-electron chi connectivity index (χ2n) is 5.09. The fraction of sp³-hybridized carbons (Fsp3) is 0.571. The summed E-state index contributed by atoms with van der Waals surface area (Å²) in [5, 5.41) is 0.743. The summed E-state index contributed by atoms with van der Waals surface area (Å²) in [5.74, 6) is 0. The lowest BCUT2D eigenvalue weighted by molar-refractivity contribution is 0.342. The minimum atomic E-state index is -3.34. The summed E-state index contributed by atoms with van der Waals surface area (Å²) < 4.78 is 27.0. The minimum Gasteiger partial charge on any atom is -0.207 e. The average Bonchev–Trinajstić information content (AvgIpc) is 2.64. The molecule has 0 radical (unpaired) electrons. The molecule has 0 amide bonds. The van der Waals surface area contributed by atoms with Crippen molar-refractivity contribution in [1.82, 2.24) is 4.31 Å². The van der Waals surface area contributed by atoms with Crippen LogP contribution in [0.15, 0.2) is 29.2 Å². The van der Waals surface area contributed by atoms with Crippen molar-refractivity contribution in [3.8, 4) is 0 Å². The van der Waals surface area contributed by atoms with Crippen LogP contribution in [0.25, 0.3) is 0 Å². The van der Waals surface area contributed by atoms with Crippen LogP contribution in [-0.2, 0) is 15.4 Å². The summed E-state index contributed by atoms with van der Waals surface area (Å²) in [6.07, 6.45) is 4.16. The van der Waals surface area contributed by atoms with E-state index in [1.54, 1.807) is 16.4 Å². The molecule has 0 aromatic heterocycles. The number of halogens is 1. The predicted octanol–water partition coefficient (Wildman–Crippen LogP) is 3.53. The molecule has 0 bridgehead atoms.